The highest BCUT2D eigenvalue weighted by Crippen LogP contribution is 2.23. The van der Waals surface area contributed by atoms with Gasteiger partial charge < -0.3 is 14.2 Å². The summed E-state index contributed by atoms with van der Waals surface area (Å²) >= 11 is 0. The van der Waals surface area contributed by atoms with Crippen LogP contribution in [0.4, 0.5) is 11.4 Å². The van der Waals surface area contributed by atoms with E-state index in [1.54, 1.807) is 0 Å². The fourth-order valence-corrected chi connectivity index (χ4v) is 2.16. The van der Waals surface area contributed by atoms with Crippen LogP contribution >= 0.6 is 0 Å². The fourth-order valence-electron chi connectivity index (χ4n) is 2.16. The lowest BCUT2D eigenvalue weighted by molar-refractivity contribution is -0.394. The predicted octanol–water partition coefficient (Wildman–Crippen LogP) is 2.20. The van der Waals surface area contributed by atoms with Crippen LogP contribution in [0.1, 0.15) is 30.1 Å². The largest absolute Gasteiger partial charge is 0.446 e. The zero-order valence-corrected chi connectivity index (χ0v) is 13.9. The van der Waals surface area contributed by atoms with Crippen molar-refractivity contribution in [3.63, 3.8) is 0 Å². The van der Waals surface area contributed by atoms with E-state index in [4.69, 9.17) is 14.2 Å². The van der Waals surface area contributed by atoms with E-state index >= 15 is 0 Å². The van der Waals surface area contributed by atoms with E-state index in [0.29, 0.717) is 26.1 Å². The fraction of sp³-hybridized carbons (Fsp3) is 0.438. The molecule has 0 amide bonds. The van der Waals surface area contributed by atoms with Gasteiger partial charge in [-0.15, -0.1) is 0 Å². The Bertz CT molecular complexity index is 729. The molecule has 10 nitrogen and oxygen atoms in total. The normalized spacial score (nSPS) is 15.0. The zero-order valence-electron chi connectivity index (χ0n) is 13.9. The van der Waals surface area contributed by atoms with Crippen molar-refractivity contribution in [3.05, 3.63) is 44.0 Å². The summed E-state index contributed by atoms with van der Waals surface area (Å²) in [6, 6.07) is 2.61. The molecule has 1 heterocycles. The minimum Gasteiger partial charge on any atom is -0.446 e. The molecule has 0 aromatic heterocycles. The van der Waals surface area contributed by atoms with Crippen LogP contribution in [-0.2, 0) is 14.2 Å². The summed E-state index contributed by atoms with van der Waals surface area (Å²) in [5.74, 6) is 4.60. The number of hydrogen-bond donors (Lipinski definition) is 0. The maximum atomic E-state index is 12.1. The average molecular weight is 364 g/mol. The van der Waals surface area contributed by atoms with Crippen LogP contribution in [0.2, 0.25) is 0 Å². The number of carbonyl (C=O) groups is 1. The van der Waals surface area contributed by atoms with Crippen molar-refractivity contribution in [2.75, 3.05) is 13.2 Å². The van der Waals surface area contributed by atoms with E-state index in [1.807, 2.05) is 0 Å². The van der Waals surface area contributed by atoms with Gasteiger partial charge in [0.15, 0.2) is 12.4 Å². The van der Waals surface area contributed by atoms with Gasteiger partial charge in [-0.2, -0.15) is 0 Å². The maximum Gasteiger partial charge on any atom is 0.339 e. The summed E-state index contributed by atoms with van der Waals surface area (Å²) in [4.78, 5) is 32.1. The molecule has 0 aliphatic carbocycles. The van der Waals surface area contributed by atoms with Gasteiger partial charge in [0.1, 0.15) is 0 Å². The molecule has 10 heteroatoms. The molecule has 1 atom stereocenters. The Morgan fingerprint density at radius 1 is 1.23 bits per heavy atom. The standard InChI is InChI=1S/C16H16N2O8/c1-11(4-2-3-5-15-24-6-7-25-15)26-16(19)12-8-13(17(20)21)10-14(9-12)18(22)23/h8-11,15H,3,5-7H2,1H3/t11-/m0/s1. The van der Waals surface area contributed by atoms with E-state index in [9.17, 15) is 25.0 Å². The molecule has 1 saturated heterocycles. The van der Waals surface area contributed by atoms with Crippen LogP contribution in [0.15, 0.2) is 18.2 Å². The van der Waals surface area contributed by atoms with Gasteiger partial charge in [0.2, 0.25) is 0 Å². The Balaban J connectivity index is 1.97. The number of nitro benzene ring substituents is 2. The first-order chi connectivity index (χ1) is 12.4. The van der Waals surface area contributed by atoms with Crippen molar-refractivity contribution in [2.24, 2.45) is 0 Å². The van der Waals surface area contributed by atoms with Gasteiger partial charge in [-0.1, -0.05) is 11.8 Å². The lowest BCUT2D eigenvalue weighted by atomic mass is 10.1. The molecule has 1 aliphatic heterocycles. The molecule has 0 saturated carbocycles. The Labute approximate surface area is 148 Å². The summed E-state index contributed by atoms with van der Waals surface area (Å²) in [7, 11) is 0. The molecule has 0 N–H and O–H groups in total. The minimum atomic E-state index is -0.930. The van der Waals surface area contributed by atoms with E-state index in [-0.39, 0.29) is 11.9 Å². The molecular weight excluding hydrogens is 348 g/mol. The Kier molecular flexibility index (Phi) is 6.60. The summed E-state index contributed by atoms with van der Waals surface area (Å²) < 4.78 is 15.6. The topological polar surface area (TPSA) is 131 Å². The van der Waals surface area contributed by atoms with Gasteiger partial charge in [0.05, 0.1) is 34.7 Å². The van der Waals surface area contributed by atoms with Crippen molar-refractivity contribution < 1.29 is 28.9 Å². The highest BCUT2D eigenvalue weighted by molar-refractivity contribution is 5.91. The first kappa shape index (κ1) is 19.3. The summed E-state index contributed by atoms with van der Waals surface area (Å²) in [6.45, 7) is 2.64. The second-order valence-corrected chi connectivity index (χ2v) is 5.33. The van der Waals surface area contributed by atoms with Crippen molar-refractivity contribution in [3.8, 4) is 11.8 Å². The second kappa shape index (κ2) is 8.89. The van der Waals surface area contributed by atoms with Gasteiger partial charge in [-0.3, -0.25) is 20.2 Å². The first-order valence-electron chi connectivity index (χ1n) is 7.73. The van der Waals surface area contributed by atoms with Crippen LogP contribution in [-0.4, -0.2) is 41.4 Å². The summed E-state index contributed by atoms with van der Waals surface area (Å²) in [5.41, 5.74) is -1.42. The molecule has 1 aromatic rings. The van der Waals surface area contributed by atoms with Crippen molar-refractivity contribution in [1.82, 2.24) is 0 Å². The number of nitro groups is 2. The average Bonchev–Trinajstić information content (AvgIpc) is 3.11. The highest BCUT2D eigenvalue weighted by atomic mass is 16.7. The van der Waals surface area contributed by atoms with Crippen LogP contribution in [0.3, 0.4) is 0 Å². The third-order valence-corrected chi connectivity index (χ3v) is 3.34. The lowest BCUT2D eigenvalue weighted by Gasteiger charge is -2.08. The molecule has 0 spiro atoms. The number of esters is 1. The molecule has 2 rings (SSSR count). The summed E-state index contributed by atoms with van der Waals surface area (Å²) in [6.07, 6.45) is 0.0124. The Morgan fingerprint density at radius 2 is 1.81 bits per heavy atom. The first-order valence-corrected chi connectivity index (χ1v) is 7.73. The van der Waals surface area contributed by atoms with Crippen LogP contribution < -0.4 is 0 Å². The molecular formula is C16H16N2O8. The number of non-ortho nitro benzene ring substituents is 2. The molecule has 0 radical (unpaired) electrons. The monoisotopic (exact) mass is 364 g/mol. The van der Waals surface area contributed by atoms with Gasteiger partial charge in [0.25, 0.3) is 11.4 Å². The molecule has 138 valence electrons. The third-order valence-electron chi connectivity index (χ3n) is 3.34. The number of nitrogens with zero attached hydrogens (tertiary/aromatic N) is 2. The molecule has 0 unspecified atom stereocenters. The SMILES string of the molecule is C[C@@H](C#CCCC1OCCO1)OC(=O)c1cc([N+](=O)[O-])cc([N+](=O)[O-])c1. The molecule has 1 aliphatic rings. The minimum absolute atomic E-state index is 0.271. The van der Waals surface area contributed by atoms with E-state index in [1.165, 1.54) is 6.92 Å². The van der Waals surface area contributed by atoms with Gasteiger partial charge in [-0.05, 0) is 6.92 Å². The smallest absolute Gasteiger partial charge is 0.339 e. The van der Waals surface area contributed by atoms with Crippen molar-refractivity contribution in [2.45, 2.75) is 32.2 Å². The number of ether oxygens (including phenoxy) is 3. The quantitative estimate of drug-likeness (QED) is 0.325. The van der Waals surface area contributed by atoms with E-state index in [0.717, 1.165) is 18.2 Å². The predicted molar refractivity (Wildman–Crippen MR) is 87.3 cm³/mol. The second-order valence-electron chi connectivity index (χ2n) is 5.33. The number of carbonyl (C=O) groups excluding carboxylic acids is 1. The van der Waals surface area contributed by atoms with Crippen LogP contribution in [0, 0.1) is 32.1 Å². The lowest BCUT2D eigenvalue weighted by Crippen LogP contribution is -2.14. The van der Waals surface area contributed by atoms with E-state index < -0.39 is 33.3 Å². The van der Waals surface area contributed by atoms with E-state index in [2.05, 4.69) is 11.8 Å². The molecule has 0 bridgehead atoms. The van der Waals surface area contributed by atoms with Gasteiger partial charge in [0, 0.05) is 25.0 Å². The zero-order chi connectivity index (χ0) is 19.1. The maximum absolute atomic E-state index is 12.1. The van der Waals surface area contributed by atoms with Gasteiger partial charge >= 0.3 is 5.97 Å². The van der Waals surface area contributed by atoms with Crippen LogP contribution in [0.5, 0.6) is 0 Å². The molecule has 1 aromatic carbocycles. The number of hydrogen-bond acceptors (Lipinski definition) is 8. The summed E-state index contributed by atoms with van der Waals surface area (Å²) in [5, 5.41) is 21.7. The third kappa shape index (κ3) is 5.51. The van der Waals surface area contributed by atoms with Crippen LogP contribution in [0.25, 0.3) is 0 Å². The van der Waals surface area contributed by atoms with Crippen molar-refractivity contribution in [1.29, 1.82) is 0 Å². The Hall–Kier alpha value is -3.03. The van der Waals surface area contributed by atoms with Gasteiger partial charge in [-0.25, -0.2) is 4.79 Å². The molecule has 1 fully saturated rings. The highest BCUT2D eigenvalue weighted by Gasteiger charge is 2.21. The number of benzene rings is 1. The molecule has 26 heavy (non-hydrogen) atoms. The Morgan fingerprint density at radius 3 is 2.35 bits per heavy atom. The number of rotatable bonds is 6. The van der Waals surface area contributed by atoms with Crippen molar-refractivity contribution >= 4 is 17.3 Å².